The highest BCUT2D eigenvalue weighted by Gasteiger charge is 2.35. The topological polar surface area (TPSA) is 65.8 Å². The number of aromatic nitrogens is 1. The van der Waals surface area contributed by atoms with E-state index in [1.807, 2.05) is 34.8 Å². The Balaban J connectivity index is 1.27. The molecule has 0 spiro atoms. The number of carbonyl (C=O) groups excluding carboxylic acids is 2. The Morgan fingerprint density at radius 3 is 2.24 bits per heavy atom. The van der Waals surface area contributed by atoms with Gasteiger partial charge in [-0.2, -0.15) is 0 Å². The molecule has 1 saturated carbocycles. The Morgan fingerprint density at radius 2 is 1.64 bits per heavy atom. The minimum atomic E-state index is -0.304. The van der Waals surface area contributed by atoms with Gasteiger partial charge >= 0.3 is 0 Å². The van der Waals surface area contributed by atoms with Crippen LogP contribution in [0.5, 0.6) is 0 Å². The first-order chi connectivity index (χ1) is 16.1. The predicted molar refractivity (Wildman–Crippen MR) is 130 cm³/mol. The van der Waals surface area contributed by atoms with Crippen LogP contribution in [0, 0.1) is 17.8 Å². The van der Waals surface area contributed by atoms with Gasteiger partial charge in [0.15, 0.2) is 5.78 Å². The molecule has 3 heterocycles. The van der Waals surface area contributed by atoms with Crippen LogP contribution in [0.2, 0.25) is 0 Å². The largest absolute Gasteiger partial charge is 0.389 e. The summed E-state index contributed by atoms with van der Waals surface area (Å²) in [5, 5.41) is 9.19. The lowest BCUT2D eigenvalue weighted by Crippen LogP contribution is -2.50. The van der Waals surface area contributed by atoms with Crippen LogP contribution in [0.1, 0.15) is 81.1 Å². The molecule has 1 aliphatic carbocycles. The highest BCUT2D eigenvalue weighted by atomic mass is 16.3. The molecule has 3 aliphatic rings. The maximum absolute atomic E-state index is 12.8. The van der Waals surface area contributed by atoms with Crippen molar-refractivity contribution in [3.63, 3.8) is 0 Å². The van der Waals surface area contributed by atoms with Crippen LogP contribution in [0.25, 0.3) is 0 Å². The summed E-state index contributed by atoms with van der Waals surface area (Å²) in [6.07, 6.45) is 14.7. The van der Waals surface area contributed by atoms with E-state index < -0.39 is 0 Å². The van der Waals surface area contributed by atoms with Crippen molar-refractivity contribution in [1.29, 1.82) is 0 Å². The molecule has 1 atom stereocenters. The fourth-order valence-electron chi connectivity index (χ4n) is 6.82. The first-order valence-corrected chi connectivity index (χ1v) is 13.3. The molecule has 0 bridgehead atoms. The van der Waals surface area contributed by atoms with E-state index in [0.717, 1.165) is 63.0 Å². The summed E-state index contributed by atoms with van der Waals surface area (Å²) in [6.45, 7) is 3.70. The third-order valence-electron chi connectivity index (χ3n) is 8.80. The van der Waals surface area contributed by atoms with Gasteiger partial charge in [-0.05, 0) is 75.1 Å². The second-order valence-electron chi connectivity index (χ2n) is 10.7. The number of carbonyl (C=O) groups is 2. The van der Waals surface area contributed by atoms with Crippen molar-refractivity contribution in [1.82, 2.24) is 14.4 Å². The number of hydrogen-bond donors (Lipinski definition) is 1. The number of amides is 1. The second kappa shape index (κ2) is 11.7. The van der Waals surface area contributed by atoms with Crippen molar-refractivity contribution in [2.24, 2.45) is 24.8 Å². The Labute approximate surface area is 199 Å². The molecule has 1 unspecified atom stereocenters. The zero-order chi connectivity index (χ0) is 23.2. The van der Waals surface area contributed by atoms with Crippen LogP contribution in [-0.4, -0.2) is 70.0 Å². The quantitative estimate of drug-likeness (QED) is 0.643. The molecule has 3 fully saturated rings. The van der Waals surface area contributed by atoms with Crippen LogP contribution < -0.4 is 0 Å². The number of aliphatic hydroxyl groups is 1. The molecule has 6 nitrogen and oxygen atoms in total. The first-order valence-electron chi connectivity index (χ1n) is 13.3. The molecular formula is C27H43N3O3. The van der Waals surface area contributed by atoms with Crippen LogP contribution in [0.3, 0.4) is 0 Å². The van der Waals surface area contributed by atoms with Gasteiger partial charge in [-0.25, -0.2) is 0 Å². The molecule has 184 valence electrons. The van der Waals surface area contributed by atoms with Gasteiger partial charge in [0.1, 0.15) is 12.3 Å². The van der Waals surface area contributed by atoms with Gasteiger partial charge < -0.3 is 19.5 Å². The molecule has 4 rings (SSSR count). The summed E-state index contributed by atoms with van der Waals surface area (Å²) >= 11 is 0. The number of aliphatic hydroxyl groups excluding tert-OH is 1. The molecular weight excluding hydrogens is 414 g/mol. The second-order valence-corrected chi connectivity index (χ2v) is 10.7. The Hall–Kier alpha value is -1.66. The lowest BCUT2D eigenvalue weighted by molar-refractivity contribution is -0.122. The van der Waals surface area contributed by atoms with Gasteiger partial charge in [0.25, 0.3) is 5.91 Å². The number of hydrogen-bond acceptors (Lipinski definition) is 4. The van der Waals surface area contributed by atoms with E-state index in [9.17, 15) is 14.7 Å². The number of aryl methyl sites for hydroxylation is 1. The minimum absolute atomic E-state index is 0.00453. The van der Waals surface area contributed by atoms with Crippen LogP contribution in [0.15, 0.2) is 18.3 Å². The average molecular weight is 458 g/mol. The van der Waals surface area contributed by atoms with E-state index >= 15 is 0 Å². The number of ketones is 1. The maximum Gasteiger partial charge on any atom is 0.270 e. The zero-order valence-corrected chi connectivity index (χ0v) is 20.5. The third-order valence-corrected chi connectivity index (χ3v) is 8.80. The SMILES string of the molecule is Cn1cccc1C(=O)N1CCC(N2CCC(C(CCC(=O)CO)C3CCCCC3)CC2)CC1. The Bertz CT molecular complexity index is 769. The molecule has 33 heavy (non-hydrogen) atoms. The Kier molecular flexibility index (Phi) is 8.64. The zero-order valence-electron chi connectivity index (χ0n) is 20.5. The van der Waals surface area contributed by atoms with Crippen LogP contribution in [-0.2, 0) is 11.8 Å². The van der Waals surface area contributed by atoms with Gasteiger partial charge in [0.05, 0.1) is 0 Å². The van der Waals surface area contributed by atoms with E-state index in [1.54, 1.807) is 0 Å². The lowest BCUT2D eigenvalue weighted by Gasteiger charge is -2.45. The van der Waals surface area contributed by atoms with Crippen molar-refractivity contribution in [3.8, 4) is 0 Å². The van der Waals surface area contributed by atoms with Gasteiger partial charge in [-0.15, -0.1) is 0 Å². The normalized spacial score (nSPS) is 23.0. The van der Waals surface area contributed by atoms with Crippen molar-refractivity contribution >= 4 is 11.7 Å². The summed E-state index contributed by atoms with van der Waals surface area (Å²) in [6, 6.07) is 4.44. The number of Topliss-reactive ketones (excluding diaryl/α,β-unsaturated/α-hetero) is 1. The van der Waals surface area contributed by atoms with E-state index in [4.69, 9.17) is 0 Å². The van der Waals surface area contributed by atoms with Crippen molar-refractivity contribution in [3.05, 3.63) is 24.0 Å². The monoisotopic (exact) mass is 457 g/mol. The molecule has 2 aliphatic heterocycles. The molecule has 1 amide bonds. The first kappa shape index (κ1) is 24.5. The van der Waals surface area contributed by atoms with E-state index in [0.29, 0.717) is 18.4 Å². The fourth-order valence-corrected chi connectivity index (χ4v) is 6.82. The fraction of sp³-hybridized carbons (Fsp3) is 0.778. The highest BCUT2D eigenvalue weighted by molar-refractivity contribution is 5.92. The number of rotatable bonds is 8. The third kappa shape index (κ3) is 6.07. The molecule has 1 aromatic rings. The van der Waals surface area contributed by atoms with Gasteiger partial charge in [-0.3, -0.25) is 9.59 Å². The van der Waals surface area contributed by atoms with Gasteiger partial charge in [0, 0.05) is 38.8 Å². The Morgan fingerprint density at radius 1 is 0.970 bits per heavy atom. The predicted octanol–water partition coefficient (Wildman–Crippen LogP) is 3.88. The molecule has 1 N–H and O–H groups in total. The van der Waals surface area contributed by atoms with E-state index in [1.165, 1.54) is 44.9 Å². The molecule has 1 aromatic heterocycles. The standard InChI is InChI=1S/C27H43N3O3/c1-28-15-5-8-26(28)27(33)30-18-13-23(14-19-30)29-16-11-22(12-17-29)25(10-9-24(32)20-31)21-6-3-2-4-7-21/h5,8,15,21-23,25,31H,2-4,6-7,9-14,16-20H2,1H3. The molecule has 0 aromatic carbocycles. The average Bonchev–Trinajstić information content (AvgIpc) is 3.30. The van der Waals surface area contributed by atoms with Crippen LogP contribution >= 0.6 is 0 Å². The summed E-state index contributed by atoms with van der Waals surface area (Å²) in [7, 11) is 1.93. The minimum Gasteiger partial charge on any atom is -0.389 e. The van der Waals surface area contributed by atoms with E-state index in [2.05, 4.69) is 4.90 Å². The summed E-state index contributed by atoms with van der Waals surface area (Å²) in [5.41, 5.74) is 0.780. The van der Waals surface area contributed by atoms with Crippen molar-refractivity contribution < 1.29 is 14.7 Å². The highest BCUT2D eigenvalue weighted by Crippen LogP contribution is 2.41. The van der Waals surface area contributed by atoms with Crippen molar-refractivity contribution in [2.45, 2.75) is 76.7 Å². The smallest absolute Gasteiger partial charge is 0.270 e. The lowest BCUT2D eigenvalue weighted by atomic mass is 9.69. The summed E-state index contributed by atoms with van der Waals surface area (Å²) in [4.78, 5) is 29.3. The van der Waals surface area contributed by atoms with Gasteiger partial charge in [-0.1, -0.05) is 32.1 Å². The van der Waals surface area contributed by atoms with Crippen molar-refractivity contribution in [2.75, 3.05) is 32.8 Å². The molecule has 6 heteroatoms. The molecule has 0 radical (unpaired) electrons. The summed E-state index contributed by atoms with van der Waals surface area (Å²) < 4.78 is 1.91. The number of nitrogens with zero attached hydrogens (tertiary/aromatic N) is 3. The number of piperidine rings is 2. The molecule has 2 saturated heterocycles. The van der Waals surface area contributed by atoms with Crippen LogP contribution in [0.4, 0.5) is 0 Å². The maximum atomic E-state index is 12.8. The summed E-state index contributed by atoms with van der Waals surface area (Å²) in [5.74, 6) is 2.30. The number of likely N-dealkylation sites (tertiary alicyclic amines) is 2. The van der Waals surface area contributed by atoms with E-state index in [-0.39, 0.29) is 18.3 Å². The van der Waals surface area contributed by atoms with Gasteiger partial charge in [0.2, 0.25) is 0 Å².